The predicted octanol–water partition coefficient (Wildman–Crippen LogP) is 0.689. The van der Waals surface area contributed by atoms with Crippen molar-refractivity contribution in [2.45, 2.75) is 17.4 Å². The first kappa shape index (κ1) is 14.9. The summed E-state index contributed by atoms with van der Waals surface area (Å²) in [5.41, 5.74) is 1.89. The minimum absolute atomic E-state index is 0.204. The first-order chi connectivity index (χ1) is 11.0. The maximum Gasteiger partial charge on any atom is 0.241 e. The van der Waals surface area contributed by atoms with Crippen LogP contribution in [0.25, 0.3) is 10.9 Å². The Kier molecular flexibility index (Phi) is 3.38. The fourth-order valence-electron chi connectivity index (χ4n) is 2.51. The molecule has 0 aliphatic carbocycles. The van der Waals surface area contributed by atoms with E-state index in [1.165, 1.54) is 0 Å². The zero-order valence-corrected chi connectivity index (χ0v) is 14.0. The van der Waals surface area contributed by atoms with Gasteiger partial charge in [-0.1, -0.05) is 11.8 Å². The van der Waals surface area contributed by atoms with Crippen molar-refractivity contribution in [1.29, 1.82) is 0 Å². The number of nitrogens with zero attached hydrogens (tertiary/aromatic N) is 4. The lowest BCUT2D eigenvalue weighted by Crippen LogP contribution is -2.59. The maximum atomic E-state index is 12.6. The minimum atomic E-state index is -3.62. The lowest BCUT2D eigenvalue weighted by molar-refractivity contribution is -0.0523. The van der Waals surface area contributed by atoms with E-state index in [1.54, 1.807) is 51.6 Å². The molecule has 0 amide bonds. The number of hydrogen-bond acceptors (Lipinski definition) is 7. The van der Waals surface area contributed by atoms with Gasteiger partial charge in [0, 0.05) is 5.39 Å². The molecule has 2 aliphatic rings. The van der Waals surface area contributed by atoms with E-state index in [0.29, 0.717) is 24.6 Å². The Hall–Kier alpha value is -1.62. The number of rotatable bonds is 4. The lowest BCUT2D eigenvalue weighted by atomic mass is 10.0. The van der Waals surface area contributed by atoms with Crippen molar-refractivity contribution in [3.63, 3.8) is 0 Å². The summed E-state index contributed by atoms with van der Waals surface area (Å²) >= 11 is 1.55. The van der Waals surface area contributed by atoms with Gasteiger partial charge in [0.15, 0.2) is 0 Å². The second kappa shape index (κ2) is 5.20. The molecule has 2 aromatic rings. The van der Waals surface area contributed by atoms with Crippen LogP contribution in [0.2, 0.25) is 0 Å². The van der Waals surface area contributed by atoms with Gasteiger partial charge in [-0.25, -0.2) is 13.1 Å². The largest absolute Gasteiger partial charge is 0.377 e. The number of sulfonamides is 1. The highest BCUT2D eigenvalue weighted by atomic mass is 32.2. The van der Waals surface area contributed by atoms with Crippen molar-refractivity contribution in [2.75, 3.05) is 24.2 Å². The standard InChI is InChI=1S/C13H15N5O3S2/c1-13(6-21-7-13)16-23(19,20)11-3-2-10-5-14-18(12(10)4-11)17-9-22-8-15-17/h2-5,8,16H,6-7,9H2,1H3. The Morgan fingerprint density at radius 1 is 1.39 bits per heavy atom. The molecule has 1 N–H and O–H groups in total. The van der Waals surface area contributed by atoms with Gasteiger partial charge < -0.3 is 4.74 Å². The van der Waals surface area contributed by atoms with Gasteiger partial charge in [-0.05, 0) is 25.1 Å². The highest BCUT2D eigenvalue weighted by molar-refractivity contribution is 8.12. The molecule has 10 heteroatoms. The molecule has 0 spiro atoms. The van der Waals surface area contributed by atoms with E-state index in [-0.39, 0.29) is 4.90 Å². The maximum absolute atomic E-state index is 12.6. The summed E-state index contributed by atoms with van der Waals surface area (Å²) in [5.74, 6) is 0.640. The van der Waals surface area contributed by atoms with Gasteiger partial charge >= 0.3 is 0 Å². The van der Waals surface area contributed by atoms with E-state index >= 15 is 0 Å². The topological polar surface area (TPSA) is 88.8 Å². The van der Waals surface area contributed by atoms with E-state index in [2.05, 4.69) is 14.9 Å². The van der Waals surface area contributed by atoms with Crippen LogP contribution in [0, 0.1) is 0 Å². The van der Waals surface area contributed by atoms with Crippen LogP contribution < -0.4 is 9.84 Å². The van der Waals surface area contributed by atoms with Gasteiger partial charge in [-0.15, -0.1) is 0 Å². The van der Waals surface area contributed by atoms with Crippen molar-refractivity contribution < 1.29 is 13.2 Å². The normalized spacial score (nSPS) is 20.1. The van der Waals surface area contributed by atoms with Gasteiger partial charge in [0.05, 0.1) is 40.9 Å². The van der Waals surface area contributed by atoms with Gasteiger partial charge in [0.1, 0.15) is 5.88 Å². The van der Waals surface area contributed by atoms with E-state index in [1.807, 2.05) is 6.92 Å². The highest BCUT2D eigenvalue weighted by Crippen LogP contribution is 2.24. The van der Waals surface area contributed by atoms with E-state index in [4.69, 9.17) is 4.74 Å². The van der Waals surface area contributed by atoms with Gasteiger partial charge in [0.25, 0.3) is 0 Å². The Morgan fingerprint density at radius 2 is 2.22 bits per heavy atom. The Bertz CT molecular complexity index is 888. The van der Waals surface area contributed by atoms with Crippen LogP contribution in [0.1, 0.15) is 6.92 Å². The van der Waals surface area contributed by atoms with Gasteiger partial charge in [-0.3, -0.25) is 0 Å². The zero-order valence-electron chi connectivity index (χ0n) is 12.3. The first-order valence-corrected chi connectivity index (χ1v) is 9.52. The van der Waals surface area contributed by atoms with E-state index in [0.717, 1.165) is 5.39 Å². The number of thioether (sulfide) groups is 1. The van der Waals surface area contributed by atoms with Gasteiger partial charge in [0.2, 0.25) is 10.0 Å². The minimum Gasteiger partial charge on any atom is -0.377 e. The summed E-state index contributed by atoms with van der Waals surface area (Å²) in [6.45, 7) is 2.59. The van der Waals surface area contributed by atoms with Crippen LogP contribution in [-0.4, -0.2) is 48.5 Å². The molecular formula is C13H15N5O3S2. The molecule has 4 rings (SSSR count). The number of nitrogens with one attached hydrogen (secondary N) is 1. The molecule has 1 aromatic heterocycles. The fourth-order valence-corrected chi connectivity index (χ4v) is 4.46. The van der Waals surface area contributed by atoms with E-state index in [9.17, 15) is 8.42 Å². The number of fused-ring (bicyclic) bond motifs is 1. The third kappa shape index (κ3) is 2.61. The third-order valence-electron chi connectivity index (χ3n) is 3.72. The molecule has 23 heavy (non-hydrogen) atoms. The second-order valence-electron chi connectivity index (χ2n) is 5.80. The van der Waals surface area contributed by atoms with Crippen LogP contribution >= 0.6 is 11.8 Å². The number of hydrogen-bond donors (Lipinski definition) is 1. The van der Waals surface area contributed by atoms with Crippen LogP contribution in [0.3, 0.4) is 0 Å². The molecule has 0 bridgehead atoms. The summed E-state index contributed by atoms with van der Waals surface area (Å²) in [6, 6.07) is 4.95. The first-order valence-electron chi connectivity index (χ1n) is 6.98. The van der Waals surface area contributed by atoms with Crippen LogP contribution in [0.15, 0.2) is 34.4 Å². The molecule has 0 radical (unpaired) electrons. The molecular weight excluding hydrogens is 338 g/mol. The summed E-state index contributed by atoms with van der Waals surface area (Å²) in [4.78, 5) is 1.81. The molecule has 0 unspecified atom stereocenters. The summed E-state index contributed by atoms with van der Waals surface area (Å²) < 4.78 is 33.0. The summed E-state index contributed by atoms with van der Waals surface area (Å²) in [5, 5.41) is 11.0. The SMILES string of the molecule is CC1(NS(=O)(=O)c2ccc3cnn(N4CSC=N4)c3c2)COC1. The van der Waals surface area contributed by atoms with Crippen LogP contribution in [0.4, 0.5) is 0 Å². The van der Waals surface area contributed by atoms with Crippen molar-refractivity contribution >= 4 is 38.2 Å². The Morgan fingerprint density at radius 3 is 2.87 bits per heavy atom. The molecule has 1 fully saturated rings. The van der Waals surface area contributed by atoms with E-state index < -0.39 is 15.6 Å². The summed E-state index contributed by atoms with van der Waals surface area (Å²) in [6.07, 6.45) is 1.69. The lowest BCUT2D eigenvalue weighted by Gasteiger charge is -2.38. The molecule has 122 valence electrons. The number of benzene rings is 1. The Labute approximate surface area is 137 Å². The summed E-state index contributed by atoms with van der Waals surface area (Å²) in [7, 11) is -3.62. The number of aromatic nitrogens is 2. The molecule has 8 nitrogen and oxygen atoms in total. The average molecular weight is 353 g/mol. The van der Waals surface area contributed by atoms with Crippen molar-refractivity contribution in [2.24, 2.45) is 5.10 Å². The van der Waals surface area contributed by atoms with Crippen LogP contribution in [0.5, 0.6) is 0 Å². The molecule has 0 saturated carbocycles. The number of hydrazone groups is 1. The highest BCUT2D eigenvalue weighted by Gasteiger charge is 2.37. The second-order valence-corrected chi connectivity index (χ2v) is 8.29. The molecule has 1 saturated heterocycles. The molecule has 2 aliphatic heterocycles. The van der Waals surface area contributed by atoms with Crippen molar-refractivity contribution in [3.05, 3.63) is 24.4 Å². The third-order valence-corrected chi connectivity index (χ3v) is 5.98. The number of ether oxygens (including phenoxy) is 1. The zero-order chi connectivity index (χ0) is 16.1. The van der Waals surface area contributed by atoms with Crippen molar-refractivity contribution in [3.8, 4) is 0 Å². The molecule has 3 heterocycles. The monoisotopic (exact) mass is 353 g/mol. The Balaban J connectivity index is 1.73. The smallest absolute Gasteiger partial charge is 0.241 e. The molecule has 0 atom stereocenters. The molecule has 1 aromatic carbocycles. The van der Waals surface area contributed by atoms with Crippen molar-refractivity contribution in [1.82, 2.24) is 14.6 Å². The van der Waals surface area contributed by atoms with Gasteiger partial charge in [-0.2, -0.15) is 20.1 Å². The average Bonchev–Trinajstić information content (AvgIpc) is 3.13. The fraction of sp³-hybridized carbons (Fsp3) is 0.385. The predicted molar refractivity (Wildman–Crippen MR) is 88.4 cm³/mol. The quantitative estimate of drug-likeness (QED) is 0.870. The van der Waals surface area contributed by atoms with Crippen LogP contribution in [-0.2, 0) is 14.8 Å².